The van der Waals surface area contributed by atoms with Gasteiger partial charge in [0.15, 0.2) is 0 Å². The molecule has 0 saturated carbocycles. The Morgan fingerprint density at radius 1 is 1.35 bits per heavy atom. The summed E-state index contributed by atoms with van der Waals surface area (Å²) in [5.41, 5.74) is 0. The number of hydrogen-bond donors (Lipinski definition) is 0. The number of rotatable bonds is 5. The minimum atomic E-state index is -0.556. The van der Waals surface area contributed by atoms with Crippen LogP contribution < -0.4 is 0 Å². The van der Waals surface area contributed by atoms with Crippen molar-refractivity contribution in [1.29, 1.82) is 0 Å². The Bertz CT molecular complexity index is 165. The molecule has 0 heterocycles. The molecule has 0 amide bonds. The van der Waals surface area contributed by atoms with Crippen molar-refractivity contribution >= 4 is 24.6 Å². The van der Waals surface area contributed by atoms with Crippen molar-refractivity contribution in [2.45, 2.75) is 19.3 Å². The molecule has 17 heavy (non-hydrogen) atoms. The molecule has 0 spiro atoms. The van der Waals surface area contributed by atoms with Crippen molar-refractivity contribution < 1.29 is 26.6 Å². The third-order valence-corrected chi connectivity index (χ3v) is 1.29. The number of halogens is 2. The van der Waals surface area contributed by atoms with Crippen molar-refractivity contribution in [3.63, 3.8) is 0 Å². The average molecular weight is 315 g/mol. The second-order valence-electron chi connectivity index (χ2n) is 2.77. The fourth-order valence-electron chi connectivity index (χ4n) is 0.342. The molecule has 0 aromatic rings. The summed E-state index contributed by atoms with van der Waals surface area (Å²) in [5.74, 6) is -0.314. The van der Waals surface area contributed by atoms with E-state index in [-0.39, 0.29) is 5.92 Å². The zero-order chi connectivity index (χ0) is 14.1. The Kier molecular flexibility index (Phi) is 29.0. The van der Waals surface area contributed by atoms with Gasteiger partial charge in [0.2, 0.25) is 0 Å². The number of carbonyl (C=O) groups excluding carboxylic acids is 1. The maximum atomic E-state index is 10.4. The molecule has 5 heteroatoms. The van der Waals surface area contributed by atoms with Crippen LogP contribution in [0, 0.1) is 33.6 Å². The van der Waals surface area contributed by atoms with Crippen LogP contribution >= 0.6 is 18.6 Å². The van der Waals surface area contributed by atoms with E-state index in [1.165, 1.54) is 0 Å². The van der Waals surface area contributed by atoms with Gasteiger partial charge >= 0.3 is 41.6 Å². The summed E-state index contributed by atoms with van der Waals surface area (Å²) in [7, 11) is 9.78. The summed E-state index contributed by atoms with van der Waals surface area (Å²) in [6.45, 7) is 18.0. The third-order valence-electron chi connectivity index (χ3n) is 1.29. The molecule has 1 unspecified atom stereocenters. The van der Waals surface area contributed by atoms with Crippen LogP contribution in [0.5, 0.6) is 0 Å². The Morgan fingerprint density at radius 3 is 2.00 bits per heavy atom. The maximum absolute atomic E-state index is 10.4. The molecule has 0 saturated heterocycles. The summed E-state index contributed by atoms with van der Waals surface area (Å²) in [4.78, 5) is 10.4. The normalized spacial score (nSPS) is 10.2. The Labute approximate surface area is 123 Å². The van der Waals surface area contributed by atoms with Gasteiger partial charge in [0, 0.05) is 6.08 Å². The average Bonchev–Trinajstić information content (AvgIpc) is 2.36. The van der Waals surface area contributed by atoms with Crippen molar-refractivity contribution in [3.8, 4) is 0 Å². The van der Waals surface area contributed by atoms with Gasteiger partial charge in [-0.15, -0.1) is 0 Å². The Hall–Kier alpha value is 0.504. The number of carbonyl (C=O) groups is 1. The summed E-state index contributed by atoms with van der Waals surface area (Å²) in [6, 6.07) is 0. The van der Waals surface area contributed by atoms with Gasteiger partial charge in [-0.05, 0) is 0 Å². The standard InChI is InChI=1S/C8H12O2.C4H8.2ClH.Ti/c1-4-7(3)6-10-8(9)5-2;1-3-4-2;;;/h5,7H,1-4,6H2;1-4H2;2*1H;/q2*-2;;;+6/p-2. The van der Waals surface area contributed by atoms with Gasteiger partial charge in [-0.1, -0.05) is 6.58 Å². The van der Waals surface area contributed by atoms with Crippen LogP contribution in [0.15, 0.2) is 12.7 Å². The van der Waals surface area contributed by atoms with E-state index in [1.54, 1.807) is 0 Å². The minimum absolute atomic E-state index is 0.0869. The topological polar surface area (TPSA) is 26.3 Å². The SMILES string of the molecule is C=CC(=O)OCC([CH2-])C[CH2-].[CH2-]CC[CH2-].[Cl][Ti+4][Cl]. The quantitative estimate of drug-likeness (QED) is 0.329. The van der Waals surface area contributed by atoms with Crippen LogP contribution in [0.25, 0.3) is 0 Å². The Morgan fingerprint density at radius 2 is 1.76 bits per heavy atom. The monoisotopic (exact) mass is 314 g/mol. The van der Waals surface area contributed by atoms with Crippen LogP contribution in [0.3, 0.4) is 0 Å². The molecule has 0 aliphatic rings. The molecule has 2 nitrogen and oxygen atoms in total. The number of esters is 1. The molecule has 0 bridgehead atoms. The molecule has 0 aromatic heterocycles. The van der Waals surface area contributed by atoms with E-state index in [1.807, 2.05) is 0 Å². The van der Waals surface area contributed by atoms with Gasteiger partial charge in [-0.2, -0.15) is 5.92 Å². The first kappa shape index (κ1) is 22.7. The van der Waals surface area contributed by atoms with E-state index >= 15 is 0 Å². The molecule has 0 aliphatic carbocycles. The fourth-order valence-corrected chi connectivity index (χ4v) is 0.342. The van der Waals surface area contributed by atoms with Gasteiger partial charge < -0.3 is 32.4 Å². The van der Waals surface area contributed by atoms with Gasteiger partial charge in [-0.3, -0.25) is 0 Å². The molecule has 1 atom stereocenters. The van der Waals surface area contributed by atoms with Gasteiger partial charge in [-0.25, -0.2) is 24.1 Å². The van der Waals surface area contributed by atoms with Gasteiger partial charge in [0.05, 0.1) is 6.61 Å². The second-order valence-corrected chi connectivity index (χ2v) is 5.35. The van der Waals surface area contributed by atoms with Gasteiger partial charge in [0.25, 0.3) is 0 Å². The summed E-state index contributed by atoms with van der Waals surface area (Å²) in [5, 5.41) is 0. The van der Waals surface area contributed by atoms with Crippen LogP contribution in [0.4, 0.5) is 0 Å². The molecule has 0 N–H and O–H groups in total. The first-order valence-electron chi connectivity index (χ1n) is 5.00. The predicted molar refractivity (Wildman–Crippen MR) is 71.6 cm³/mol. The number of hydrogen-bond acceptors (Lipinski definition) is 2. The van der Waals surface area contributed by atoms with E-state index in [9.17, 15) is 4.79 Å². The van der Waals surface area contributed by atoms with E-state index < -0.39 is 23.0 Å². The molecule has 0 aromatic carbocycles. The van der Waals surface area contributed by atoms with Crippen LogP contribution in [0.1, 0.15) is 19.3 Å². The summed E-state index contributed by atoms with van der Waals surface area (Å²) in [6.07, 6.45) is 3.72. The fraction of sp³-hybridized carbons (Fsp3) is 0.417. The summed E-state index contributed by atoms with van der Waals surface area (Å²) >= 11 is -0.556. The molecular formula is C12H20Cl2O2Ti. The molecular weight excluding hydrogens is 295 g/mol. The van der Waals surface area contributed by atoms with E-state index in [0.717, 1.165) is 18.9 Å². The van der Waals surface area contributed by atoms with E-state index in [4.69, 9.17) is 18.6 Å². The predicted octanol–water partition coefficient (Wildman–Crippen LogP) is 4.20. The first-order valence-corrected chi connectivity index (χ1v) is 9.29. The summed E-state index contributed by atoms with van der Waals surface area (Å²) < 4.78 is 4.68. The van der Waals surface area contributed by atoms with Crippen molar-refractivity contribution in [2.24, 2.45) is 5.92 Å². The van der Waals surface area contributed by atoms with Crippen molar-refractivity contribution in [3.05, 3.63) is 40.3 Å². The van der Waals surface area contributed by atoms with Crippen molar-refractivity contribution in [2.75, 3.05) is 6.61 Å². The molecule has 0 aliphatic heterocycles. The van der Waals surface area contributed by atoms with Crippen LogP contribution in [0.2, 0.25) is 0 Å². The van der Waals surface area contributed by atoms with Crippen LogP contribution in [-0.4, -0.2) is 12.6 Å². The zero-order valence-corrected chi connectivity index (χ0v) is 13.2. The van der Waals surface area contributed by atoms with Gasteiger partial charge in [0.1, 0.15) is 0 Å². The zero-order valence-electron chi connectivity index (χ0n) is 10.1. The number of unbranched alkanes of at least 4 members (excludes halogenated alkanes) is 1. The first-order chi connectivity index (χ1) is 8.03. The Balaban J connectivity index is -0.000000232. The van der Waals surface area contributed by atoms with Crippen molar-refractivity contribution in [1.82, 2.24) is 0 Å². The number of ether oxygens (including phenoxy) is 1. The molecule has 98 valence electrons. The second kappa shape index (κ2) is 21.8. The third kappa shape index (κ3) is 31.5. The van der Waals surface area contributed by atoms with E-state index in [2.05, 4.69) is 39.0 Å². The molecule has 0 rings (SSSR count). The van der Waals surface area contributed by atoms with Crippen LogP contribution in [-0.2, 0) is 26.6 Å². The molecule has 0 fully saturated rings. The molecule has 0 radical (unpaired) electrons. The van der Waals surface area contributed by atoms with E-state index in [0.29, 0.717) is 13.0 Å².